The second-order valence-electron chi connectivity index (χ2n) is 5.10. The van der Waals surface area contributed by atoms with E-state index in [0.717, 1.165) is 12.0 Å². The van der Waals surface area contributed by atoms with Gasteiger partial charge in [0.15, 0.2) is 5.78 Å². The molecule has 21 heavy (non-hydrogen) atoms. The number of Topliss-reactive ketones (excluding diaryl/α,β-unsaturated/α-hetero) is 1. The summed E-state index contributed by atoms with van der Waals surface area (Å²) in [5.74, 6) is 0.589. The van der Waals surface area contributed by atoms with Gasteiger partial charge in [0, 0.05) is 0 Å². The normalized spacial score (nSPS) is 11.9. The zero-order chi connectivity index (χ0) is 15.1. The Balaban J connectivity index is 1.94. The zero-order valence-electron chi connectivity index (χ0n) is 12.2. The predicted molar refractivity (Wildman–Crippen MR) is 82.3 cm³/mol. The highest BCUT2D eigenvalue weighted by Crippen LogP contribution is 2.23. The smallest absolute Gasteiger partial charge is 0.167 e. The molecule has 0 fully saturated rings. The van der Waals surface area contributed by atoms with E-state index in [4.69, 9.17) is 4.74 Å². The summed E-state index contributed by atoms with van der Waals surface area (Å²) < 4.78 is 5.36. The summed E-state index contributed by atoms with van der Waals surface area (Å²) in [5, 5.41) is 10.3. The van der Waals surface area contributed by atoms with Gasteiger partial charge in [-0.15, -0.1) is 0 Å². The molecular formula is C18H20O3. The highest BCUT2D eigenvalue weighted by molar-refractivity contribution is 5.77. The maximum Gasteiger partial charge on any atom is 0.167 e. The molecule has 2 aromatic carbocycles. The van der Waals surface area contributed by atoms with Crippen LogP contribution in [-0.2, 0) is 11.2 Å². The maximum absolute atomic E-state index is 10.9. The fourth-order valence-corrected chi connectivity index (χ4v) is 2.11. The molecule has 0 saturated carbocycles. The minimum absolute atomic E-state index is 0.0231. The SMILES string of the molecule is CC(=O)COc1cccc(C(O)CCc2ccccc2)c1. The van der Waals surface area contributed by atoms with Gasteiger partial charge < -0.3 is 9.84 Å². The Kier molecular flexibility index (Phi) is 5.52. The Morgan fingerprint density at radius 1 is 1.14 bits per heavy atom. The molecule has 0 radical (unpaired) electrons. The van der Waals surface area contributed by atoms with Crippen LogP contribution >= 0.6 is 0 Å². The summed E-state index contributed by atoms with van der Waals surface area (Å²) in [6, 6.07) is 17.4. The molecule has 2 aromatic rings. The Hall–Kier alpha value is -2.13. The molecule has 0 aliphatic carbocycles. The zero-order valence-corrected chi connectivity index (χ0v) is 12.2. The molecule has 110 valence electrons. The quantitative estimate of drug-likeness (QED) is 0.848. The predicted octanol–water partition coefficient (Wildman–Crippen LogP) is 3.32. The van der Waals surface area contributed by atoms with E-state index in [1.165, 1.54) is 12.5 Å². The third-order valence-electron chi connectivity index (χ3n) is 3.23. The second-order valence-corrected chi connectivity index (χ2v) is 5.10. The first-order valence-corrected chi connectivity index (χ1v) is 7.09. The molecule has 0 spiro atoms. The van der Waals surface area contributed by atoms with Crippen LogP contribution in [-0.4, -0.2) is 17.5 Å². The first kappa shape index (κ1) is 15.3. The number of aliphatic hydroxyl groups is 1. The lowest BCUT2D eigenvalue weighted by Crippen LogP contribution is -2.07. The molecule has 2 rings (SSSR count). The molecule has 1 atom stereocenters. The van der Waals surface area contributed by atoms with Gasteiger partial charge in [-0.25, -0.2) is 0 Å². The first-order chi connectivity index (χ1) is 10.1. The summed E-state index contributed by atoms with van der Waals surface area (Å²) in [5.41, 5.74) is 2.02. The lowest BCUT2D eigenvalue weighted by molar-refractivity contribution is -0.118. The van der Waals surface area contributed by atoms with Gasteiger partial charge in [-0.3, -0.25) is 4.79 Å². The highest BCUT2D eigenvalue weighted by Gasteiger charge is 2.09. The Bertz CT molecular complexity index is 578. The van der Waals surface area contributed by atoms with E-state index in [2.05, 4.69) is 12.1 Å². The molecule has 0 aliphatic rings. The fraction of sp³-hybridized carbons (Fsp3) is 0.278. The average Bonchev–Trinajstić information content (AvgIpc) is 2.52. The number of ether oxygens (including phenoxy) is 1. The maximum atomic E-state index is 10.9. The van der Waals surface area contributed by atoms with Crippen molar-refractivity contribution < 1.29 is 14.6 Å². The average molecular weight is 284 g/mol. The van der Waals surface area contributed by atoms with Gasteiger partial charge in [-0.1, -0.05) is 42.5 Å². The van der Waals surface area contributed by atoms with Gasteiger partial charge in [0.25, 0.3) is 0 Å². The monoisotopic (exact) mass is 284 g/mol. The van der Waals surface area contributed by atoms with Crippen LogP contribution in [0.2, 0.25) is 0 Å². The molecule has 3 heteroatoms. The lowest BCUT2D eigenvalue weighted by Gasteiger charge is -2.12. The van der Waals surface area contributed by atoms with Crippen molar-refractivity contribution in [2.75, 3.05) is 6.61 Å². The third-order valence-corrected chi connectivity index (χ3v) is 3.23. The van der Waals surface area contributed by atoms with Crippen molar-refractivity contribution in [1.82, 2.24) is 0 Å². The lowest BCUT2D eigenvalue weighted by atomic mass is 10.0. The largest absolute Gasteiger partial charge is 0.486 e. The van der Waals surface area contributed by atoms with Crippen LogP contribution in [0.1, 0.15) is 30.6 Å². The van der Waals surface area contributed by atoms with Gasteiger partial charge in [0.05, 0.1) is 6.10 Å². The molecular weight excluding hydrogens is 264 g/mol. The molecule has 0 saturated heterocycles. The van der Waals surface area contributed by atoms with Gasteiger partial charge in [0.1, 0.15) is 12.4 Å². The highest BCUT2D eigenvalue weighted by atomic mass is 16.5. The van der Waals surface area contributed by atoms with E-state index in [9.17, 15) is 9.90 Å². The second kappa shape index (κ2) is 7.60. The number of hydrogen-bond acceptors (Lipinski definition) is 3. The summed E-state index contributed by atoms with van der Waals surface area (Å²) >= 11 is 0. The van der Waals surface area contributed by atoms with Crippen LogP contribution in [0.5, 0.6) is 5.75 Å². The van der Waals surface area contributed by atoms with Crippen LogP contribution in [0, 0.1) is 0 Å². The van der Waals surface area contributed by atoms with Gasteiger partial charge in [-0.2, -0.15) is 0 Å². The van der Waals surface area contributed by atoms with Gasteiger partial charge >= 0.3 is 0 Å². The molecule has 1 unspecified atom stereocenters. The molecule has 1 N–H and O–H groups in total. The van der Waals surface area contributed by atoms with E-state index in [1.807, 2.05) is 30.3 Å². The standard InChI is InChI=1S/C18H20O3/c1-14(19)13-21-17-9-5-8-16(12-17)18(20)11-10-15-6-3-2-4-7-15/h2-9,12,18,20H,10-11,13H2,1H3. The number of carbonyl (C=O) groups excluding carboxylic acids is 1. The van der Waals surface area contributed by atoms with Crippen molar-refractivity contribution in [2.24, 2.45) is 0 Å². The number of carbonyl (C=O) groups is 1. The molecule has 0 bridgehead atoms. The van der Waals surface area contributed by atoms with Crippen molar-refractivity contribution in [3.8, 4) is 5.75 Å². The summed E-state index contributed by atoms with van der Waals surface area (Å²) in [6.07, 6.45) is 0.937. The van der Waals surface area contributed by atoms with E-state index in [1.54, 1.807) is 12.1 Å². The van der Waals surface area contributed by atoms with E-state index < -0.39 is 6.10 Å². The van der Waals surface area contributed by atoms with Gasteiger partial charge in [-0.05, 0) is 43.0 Å². The molecule has 0 amide bonds. The van der Waals surface area contributed by atoms with E-state index >= 15 is 0 Å². The number of hydrogen-bond donors (Lipinski definition) is 1. The number of aliphatic hydroxyl groups excluding tert-OH is 1. The fourth-order valence-electron chi connectivity index (χ4n) is 2.11. The molecule has 0 heterocycles. The molecule has 0 aromatic heterocycles. The number of ketones is 1. The van der Waals surface area contributed by atoms with Crippen LogP contribution in [0.15, 0.2) is 54.6 Å². The summed E-state index contributed by atoms with van der Waals surface area (Å²) in [7, 11) is 0. The van der Waals surface area contributed by atoms with Crippen LogP contribution < -0.4 is 4.74 Å². The van der Waals surface area contributed by atoms with Crippen molar-refractivity contribution in [3.63, 3.8) is 0 Å². The van der Waals surface area contributed by atoms with E-state index in [-0.39, 0.29) is 12.4 Å². The Labute approximate surface area is 125 Å². The van der Waals surface area contributed by atoms with E-state index in [0.29, 0.717) is 12.2 Å². The van der Waals surface area contributed by atoms with Crippen molar-refractivity contribution >= 4 is 5.78 Å². The van der Waals surface area contributed by atoms with Gasteiger partial charge in [0.2, 0.25) is 0 Å². The number of aryl methyl sites for hydroxylation is 1. The minimum Gasteiger partial charge on any atom is -0.486 e. The molecule has 0 aliphatic heterocycles. The minimum atomic E-state index is -0.536. The summed E-state index contributed by atoms with van der Waals surface area (Å²) in [6.45, 7) is 1.54. The summed E-state index contributed by atoms with van der Waals surface area (Å²) in [4.78, 5) is 10.9. The van der Waals surface area contributed by atoms with Crippen molar-refractivity contribution in [1.29, 1.82) is 0 Å². The van der Waals surface area contributed by atoms with Crippen molar-refractivity contribution in [3.05, 3.63) is 65.7 Å². The van der Waals surface area contributed by atoms with Crippen LogP contribution in [0.4, 0.5) is 0 Å². The van der Waals surface area contributed by atoms with Crippen molar-refractivity contribution in [2.45, 2.75) is 25.9 Å². The number of benzene rings is 2. The van der Waals surface area contributed by atoms with Crippen LogP contribution in [0.25, 0.3) is 0 Å². The van der Waals surface area contributed by atoms with Crippen LogP contribution in [0.3, 0.4) is 0 Å². The Morgan fingerprint density at radius 2 is 1.90 bits per heavy atom. The first-order valence-electron chi connectivity index (χ1n) is 7.09. The Morgan fingerprint density at radius 3 is 2.62 bits per heavy atom. The topological polar surface area (TPSA) is 46.5 Å². The third kappa shape index (κ3) is 5.04. The number of rotatable bonds is 7. The molecule has 3 nitrogen and oxygen atoms in total.